The number of primary amides is 1. The lowest BCUT2D eigenvalue weighted by atomic mass is 10.0. The van der Waals surface area contributed by atoms with Crippen molar-refractivity contribution in [3.63, 3.8) is 0 Å². The number of carbonyl (C=O) groups is 3. The van der Waals surface area contributed by atoms with Crippen molar-refractivity contribution in [3.8, 4) is 0 Å². The monoisotopic (exact) mass is 528 g/mol. The zero-order valence-electron chi connectivity index (χ0n) is 20.1. The summed E-state index contributed by atoms with van der Waals surface area (Å²) < 4.78 is 9.51. The number of anilines is 1. The highest BCUT2D eigenvalue weighted by atomic mass is 32.1. The first-order valence-corrected chi connectivity index (χ1v) is 12.5. The Morgan fingerprint density at radius 3 is 2.53 bits per heavy atom. The van der Waals surface area contributed by atoms with Crippen LogP contribution in [0.15, 0.2) is 83.6 Å². The molecule has 1 unspecified atom stereocenters. The summed E-state index contributed by atoms with van der Waals surface area (Å²) in [7, 11) is 0. The fourth-order valence-electron chi connectivity index (χ4n) is 4.26. The second kappa shape index (κ2) is 10.6. The van der Waals surface area contributed by atoms with Crippen LogP contribution in [0.1, 0.15) is 43.1 Å². The predicted octanol–water partition coefficient (Wildman–Crippen LogP) is 3.60. The van der Waals surface area contributed by atoms with Gasteiger partial charge in [0.1, 0.15) is 16.7 Å². The molecule has 3 aromatic heterocycles. The fourth-order valence-corrected chi connectivity index (χ4v) is 5.02. The van der Waals surface area contributed by atoms with E-state index in [1.165, 1.54) is 11.2 Å². The van der Waals surface area contributed by atoms with E-state index < -0.39 is 23.8 Å². The molecule has 0 radical (unpaired) electrons. The van der Waals surface area contributed by atoms with Gasteiger partial charge in [0.15, 0.2) is 5.69 Å². The number of aromatic amines is 1. The Bertz CT molecular complexity index is 1590. The van der Waals surface area contributed by atoms with Crippen molar-refractivity contribution < 1.29 is 18.8 Å². The Morgan fingerprint density at radius 2 is 1.82 bits per heavy atom. The van der Waals surface area contributed by atoms with E-state index >= 15 is 0 Å². The molecule has 0 aliphatic carbocycles. The quantitative estimate of drug-likeness (QED) is 0.229. The molecule has 0 fully saturated rings. The SMILES string of the molecule is NC(=O)c1nsc(C(=O)N(Cc2ccco2)C(C(=O)NCc2ccccc2)c2c[nH]c3ccccc23)c1N. The second-order valence-electron chi connectivity index (χ2n) is 8.55. The van der Waals surface area contributed by atoms with Gasteiger partial charge in [0, 0.05) is 29.2 Å². The standard InChI is InChI=1S/C27H24N6O4S/c28-21-22(25(29)34)32-38-24(21)27(36)33(15-17-9-6-12-37-17)23(19-14-30-20-11-5-4-10-18(19)20)26(35)31-13-16-7-2-1-3-8-16/h1-12,14,23,30H,13,15,28H2,(H2,29,34)(H,31,35). The number of nitrogens with one attached hydrogen (secondary N) is 2. The normalized spacial score (nSPS) is 11.8. The first-order chi connectivity index (χ1) is 18.4. The number of para-hydroxylation sites is 1. The summed E-state index contributed by atoms with van der Waals surface area (Å²) in [4.78, 5) is 44.2. The van der Waals surface area contributed by atoms with Gasteiger partial charge in [-0.1, -0.05) is 48.5 Å². The molecule has 5 rings (SSSR count). The number of fused-ring (bicyclic) bond motifs is 1. The zero-order valence-corrected chi connectivity index (χ0v) is 20.9. The number of hydrogen-bond donors (Lipinski definition) is 4. The largest absolute Gasteiger partial charge is 0.467 e. The van der Waals surface area contributed by atoms with Crippen LogP contribution >= 0.6 is 11.5 Å². The molecule has 11 heteroatoms. The van der Waals surface area contributed by atoms with Crippen LogP contribution in [0.4, 0.5) is 5.69 Å². The summed E-state index contributed by atoms with van der Waals surface area (Å²) in [6.45, 7) is 0.216. The zero-order chi connectivity index (χ0) is 26.6. The van der Waals surface area contributed by atoms with Crippen molar-refractivity contribution in [2.45, 2.75) is 19.1 Å². The summed E-state index contributed by atoms with van der Waals surface area (Å²) in [5.41, 5.74) is 13.5. The highest BCUT2D eigenvalue weighted by molar-refractivity contribution is 7.09. The second-order valence-corrected chi connectivity index (χ2v) is 9.32. The Hall–Kier alpha value is -4.90. The van der Waals surface area contributed by atoms with Gasteiger partial charge in [0.2, 0.25) is 5.91 Å². The van der Waals surface area contributed by atoms with Crippen molar-refractivity contribution in [1.82, 2.24) is 19.6 Å². The Balaban J connectivity index is 1.60. The summed E-state index contributed by atoms with van der Waals surface area (Å²) in [5, 5.41) is 3.74. The maximum Gasteiger partial charge on any atom is 0.270 e. The molecule has 2 aromatic carbocycles. The molecule has 5 aromatic rings. The van der Waals surface area contributed by atoms with Gasteiger partial charge in [0.05, 0.1) is 18.5 Å². The van der Waals surface area contributed by atoms with Gasteiger partial charge in [0.25, 0.3) is 11.8 Å². The number of H-pyrrole nitrogens is 1. The predicted molar refractivity (Wildman–Crippen MR) is 143 cm³/mol. The van der Waals surface area contributed by atoms with Gasteiger partial charge in [-0.05, 0) is 35.3 Å². The maximum absolute atomic E-state index is 14.0. The van der Waals surface area contributed by atoms with E-state index in [4.69, 9.17) is 15.9 Å². The minimum absolute atomic E-state index is 0.00561. The molecule has 38 heavy (non-hydrogen) atoms. The Labute approximate surface area is 221 Å². The number of amides is 3. The van der Waals surface area contributed by atoms with E-state index in [0.29, 0.717) is 11.3 Å². The van der Waals surface area contributed by atoms with Gasteiger partial charge >= 0.3 is 0 Å². The van der Waals surface area contributed by atoms with Crippen LogP contribution < -0.4 is 16.8 Å². The third kappa shape index (κ3) is 4.87. The van der Waals surface area contributed by atoms with Gasteiger partial charge in [-0.25, -0.2) is 0 Å². The number of rotatable bonds is 9. The van der Waals surface area contributed by atoms with Crippen molar-refractivity contribution in [1.29, 1.82) is 0 Å². The highest BCUT2D eigenvalue weighted by Gasteiger charge is 2.36. The van der Waals surface area contributed by atoms with Crippen LogP contribution in [-0.2, 0) is 17.9 Å². The molecule has 3 amide bonds. The molecular formula is C27H24N6O4S. The van der Waals surface area contributed by atoms with E-state index in [2.05, 4.69) is 14.7 Å². The van der Waals surface area contributed by atoms with Crippen molar-refractivity contribution >= 4 is 45.8 Å². The molecule has 0 bridgehead atoms. The summed E-state index contributed by atoms with van der Waals surface area (Å²) in [5.74, 6) is -1.38. The van der Waals surface area contributed by atoms with Crippen LogP contribution in [0.5, 0.6) is 0 Å². The Morgan fingerprint density at radius 1 is 1.05 bits per heavy atom. The number of furan rings is 1. The topological polar surface area (TPSA) is 160 Å². The summed E-state index contributed by atoms with van der Waals surface area (Å²) >= 11 is 0.757. The van der Waals surface area contributed by atoms with Crippen LogP contribution in [0.2, 0.25) is 0 Å². The number of benzene rings is 2. The molecule has 0 spiro atoms. The highest BCUT2D eigenvalue weighted by Crippen LogP contribution is 2.33. The lowest BCUT2D eigenvalue weighted by molar-refractivity contribution is -0.126. The molecule has 1 atom stereocenters. The third-order valence-corrected chi connectivity index (χ3v) is 6.96. The van der Waals surface area contributed by atoms with Gasteiger partial charge in [-0.15, -0.1) is 0 Å². The smallest absolute Gasteiger partial charge is 0.270 e. The number of carbonyl (C=O) groups excluding carboxylic acids is 3. The fraction of sp³-hybridized carbons (Fsp3) is 0.111. The maximum atomic E-state index is 14.0. The average molecular weight is 529 g/mol. The van der Waals surface area contributed by atoms with Crippen LogP contribution in [0, 0.1) is 0 Å². The average Bonchev–Trinajstić information content (AvgIpc) is 3.68. The number of nitrogens with zero attached hydrogens (tertiary/aromatic N) is 2. The number of hydrogen-bond acceptors (Lipinski definition) is 7. The molecule has 192 valence electrons. The summed E-state index contributed by atoms with van der Waals surface area (Å²) in [6.07, 6.45) is 3.20. The minimum Gasteiger partial charge on any atom is -0.467 e. The number of aromatic nitrogens is 2. The van der Waals surface area contributed by atoms with E-state index in [9.17, 15) is 14.4 Å². The molecular weight excluding hydrogens is 504 g/mol. The van der Waals surface area contributed by atoms with Gasteiger partial charge < -0.3 is 31.1 Å². The van der Waals surface area contributed by atoms with Crippen LogP contribution in [-0.4, -0.2) is 32.0 Å². The van der Waals surface area contributed by atoms with Gasteiger partial charge in [-0.3, -0.25) is 14.4 Å². The lowest BCUT2D eigenvalue weighted by Gasteiger charge is -2.30. The van der Waals surface area contributed by atoms with E-state index in [-0.39, 0.29) is 29.3 Å². The first kappa shape index (κ1) is 24.8. The number of nitrogens with two attached hydrogens (primary N) is 2. The van der Waals surface area contributed by atoms with Crippen LogP contribution in [0.3, 0.4) is 0 Å². The lowest BCUT2D eigenvalue weighted by Crippen LogP contribution is -2.43. The van der Waals surface area contributed by atoms with Gasteiger partial charge in [-0.2, -0.15) is 4.37 Å². The molecule has 0 aliphatic heterocycles. The minimum atomic E-state index is -1.08. The van der Waals surface area contributed by atoms with Crippen LogP contribution in [0.25, 0.3) is 10.9 Å². The van der Waals surface area contributed by atoms with Crippen molar-refractivity contribution in [3.05, 3.63) is 107 Å². The Kier molecular flexibility index (Phi) is 6.92. The molecule has 0 saturated carbocycles. The molecule has 10 nitrogen and oxygen atoms in total. The first-order valence-electron chi connectivity index (χ1n) is 11.7. The number of nitrogen functional groups attached to an aromatic ring is 1. The van der Waals surface area contributed by atoms with E-state index in [1.807, 2.05) is 54.6 Å². The molecule has 6 N–H and O–H groups in total. The summed E-state index contributed by atoms with van der Waals surface area (Å²) in [6, 6.07) is 19.3. The van der Waals surface area contributed by atoms with E-state index in [1.54, 1.807) is 18.3 Å². The van der Waals surface area contributed by atoms with Crippen molar-refractivity contribution in [2.75, 3.05) is 5.73 Å². The molecule has 0 saturated heterocycles. The van der Waals surface area contributed by atoms with Crippen molar-refractivity contribution in [2.24, 2.45) is 5.73 Å². The third-order valence-electron chi connectivity index (χ3n) is 6.11. The molecule has 3 heterocycles. The van der Waals surface area contributed by atoms with E-state index in [0.717, 1.165) is 28.0 Å². The molecule has 0 aliphatic rings.